The molecule has 2 N–H and O–H groups in total. The van der Waals surface area contributed by atoms with E-state index >= 15 is 0 Å². The Morgan fingerprint density at radius 3 is 2.71 bits per heavy atom. The van der Waals surface area contributed by atoms with Crippen LogP contribution in [-0.2, 0) is 11.3 Å². The first-order valence-corrected chi connectivity index (χ1v) is 5.62. The molecular weight excluding hydrogens is 218 g/mol. The molecule has 0 aromatic heterocycles. The number of nitrogens with one attached hydrogen (secondary N) is 1. The molecule has 0 aliphatic heterocycles. The largest absolute Gasteiger partial charge is 0.496 e. The Morgan fingerprint density at radius 1 is 1.47 bits per heavy atom. The van der Waals surface area contributed by atoms with Crippen LogP contribution in [0.15, 0.2) is 18.2 Å². The predicted molar refractivity (Wildman–Crippen MR) is 66.0 cm³/mol. The van der Waals surface area contributed by atoms with Crippen LogP contribution in [0.25, 0.3) is 0 Å². The van der Waals surface area contributed by atoms with Crippen LogP contribution in [0, 0.1) is 0 Å². The molecule has 0 atom stereocenters. The molecule has 1 aromatic rings. The van der Waals surface area contributed by atoms with Gasteiger partial charge in [0.25, 0.3) is 0 Å². The maximum Gasteiger partial charge on any atom is 0.245 e. The lowest BCUT2D eigenvalue weighted by atomic mass is 10.0. The molecule has 94 valence electrons. The van der Waals surface area contributed by atoms with Crippen molar-refractivity contribution in [3.8, 4) is 5.75 Å². The van der Waals surface area contributed by atoms with Crippen LogP contribution in [-0.4, -0.2) is 24.7 Å². The number of hydrogen-bond donors (Lipinski definition) is 2. The van der Waals surface area contributed by atoms with Crippen molar-refractivity contribution in [3.05, 3.63) is 29.3 Å². The summed E-state index contributed by atoms with van der Waals surface area (Å²) in [5.74, 6) is 0.805. The molecule has 4 nitrogen and oxygen atoms in total. The fourth-order valence-corrected chi connectivity index (χ4v) is 1.52. The van der Waals surface area contributed by atoms with Crippen molar-refractivity contribution < 1.29 is 14.6 Å². The Labute approximate surface area is 102 Å². The van der Waals surface area contributed by atoms with Gasteiger partial charge in [-0.2, -0.15) is 0 Å². The first-order valence-electron chi connectivity index (χ1n) is 5.62. The van der Waals surface area contributed by atoms with Gasteiger partial charge in [0.1, 0.15) is 12.4 Å². The van der Waals surface area contributed by atoms with E-state index in [-0.39, 0.29) is 5.91 Å². The number of benzene rings is 1. The van der Waals surface area contributed by atoms with Gasteiger partial charge in [-0.15, -0.1) is 0 Å². The molecule has 0 bridgehead atoms. The zero-order valence-corrected chi connectivity index (χ0v) is 10.5. The second kappa shape index (κ2) is 6.25. The van der Waals surface area contributed by atoms with E-state index in [1.807, 2.05) is 18.2 Å². The summed E-state index contributed by atoms with van der Waals surface area (Å²) in [5.41, 5.74) is 2.10. The average molecular weight is 237 g/mol. The lowest BCUT2D eigenvalue weighted by Gasteiger charge is -2.13. The Kier molecular flexibility index (Phi) is 4.97. The Hall–Kier alpha value is -1.55. The Morgan fingerprint density at radius 2 is 2.18 bits per heavy atom. The van der Waals surface area contributed by atoms with E-state index < -0.39 is 6.61 Å². The summed E-state index contributed by atoms with van der Waals surface area (Å²) in [5, 5.41) is 11.2. The number of carbonyl (C=O) groups excluding carboxylic acids is 1. The van der Waals surface area contributed by atoms with Gasteiger partial charge in [0.15, 0.2) is 0 Å². The highest BCUT2D eigenvalue weighted by molar-refractivity contribution is 5.76. The van der Waals surface area contributed by atoms with Gasteiger partial charge in [-0.1, -0.05) is 26.0 Å². The minimum absolute atomic E-state index is 0.362. The molecule has 17 heavy (non-hydrogen) atoms. The summed E-state index contributed by atoms with van der Waals surface area (Å²) in [6.45, 7) is 4.09. The lowest BCUT2D eigenvalue weighted by Crippen LogP contribution is -2.25. The monoisotopic (exact) mass is 237 g/mol. The van der Waals surface area contributed by atoms with Crippen molar-refractivity contribution in [1.82, 2.24) is 5.32 Å². The van der Waals surface area contributed by atoms with Crippen LogP contribution in [0.5, 0.6) is 5.75 Å². The minimum Gasteiger partial charge on any atom is -0.496 e. The standard InChI is InChI=1S/C13H19NO3/c1-9(2)10-4-5-11(12(6-10)17-3)7-14-13(16)8-15/h4-6,9,15H,7-8H2,1-3H3,(H,14,16). The van der Waals surface area contributed by atoms with Crippen molar-refractivity contribution in [2.75, 3.05) is 13.7 Å². The number of methoxy groups -OCH3 is 1. The number of amides is 1. The van der Waals surface area contributed by atoms with Gasteiger partial charge < -0.3 is 15.2 Å². The van der Waals surface area contributed by atoms with Crippen LogP contribution >= 0.6 is 0 Å². The van der Waals surface area contributed by atoms with E-state index in [4.69, 9.17) is 9.84 Å². The number of rotatable bonds is 5. The van der Waals surface area contributed by atoms with Gasteiger partial charge in [-0.05, 0) is 17.5 Å². The Balaban J connectivity index is 2.81. The molecule has 0 fully saturated rings. The maximum absolute atomic E-state index is 11.0. The molecule has 1 amide bonds. The average Bonchev–Trinajstić information content (AvgIpc) is 2.35. The van der Waals surface area contributed by atoms with Crippen molar-refractivity contribution in [1.29, 1.82) is 0 Å². The molecular formula is C13H19NO3. The van der Waals surface area contributed by atoms with Crippen LogP contribution < -0.4 is 10.1 Å². The topological polar surface area (TPSA) is 58.6 Å². The number of ether oxygens (including phenoxy) is 1. The highest BCUT2D eigenvalue weighted by atomic mass is 16.5. The molecule has 4 heteroatoms. The lowest BCUT2D eigenvalue weighted by molar-refractivity contribution is -0.123. The molecule has 1 aromatic carbocycles. The smallest absolute Gasteiger partial charge is 0.245 e. The normalized spacial score (nSPS) is 10.4. The maximum atomic E-state index is 11.0. The molecule has 0 radical (unpaired) electrons. The number of aliphatic hydroxyl groups is 1. The summed E-state index contributed by atoms with van der Waals surface area (Å²) < 4.78 is 5.29. The summed E-state index contributed by atoms with van der Waals surface area (Å²) in [4.78, 5) is 11.0. The van der Waals surface area contributed by atoms with Crippen LogP contribution in [0.1, 0.15) is 30.9 Å². The second-order valence-corrected chi connectivity index (χ2v) is 4.16. The quantitative estimate of drug-likeness (QED) is 0.814. The summed E-state index contributed by atoms with van der Waals surface area (Å²) in [7, 11) is 1.61. The van der Waals surface area contributed by atoms with Crippen molar-refractivity contribution in [2.45, 2.75) is 26.3 Å². The SMILES string of the molecule is COc1cc(C(C)C)ccc1CNC(=O)CO. The van der Waals surface area contributed by atoms with Gasteiger partial charge in [0.05, 0.1) is 7.11 Å². The number of aliphatic hydroxyl groups excluding tert-OH is 1. The van der Waals surface area contributed by atoms with Crippen molar-refractivity contribution >= 4 is 5.91 Å². The number of carbonyl (C=O) groups is 1. The third-order valence-corrected chi connectivity index (χ3v) is 2.60. The van der Waals surface area contributed by atoms with Gasteiger partial charge >= 0.3 is 0 Å². The van der Waals surface area contributed by atoms with E-state index in [1.54, 1.807) is 7.11 Å². The zero-order chi connectivity index (χ0) is 12.8. The highest BCUT2D eigenvalue weighted by Gasteiger charge is 2.07. The molecule has 0 aliphatic carbocycles. The molecule has 0 saturated carbocycles. The van der Waals surface area contributed by atoms with Crippen molar-refractivity contribution in [2.24, 2.45) is 0 Å². The molecule has 0 aliphatic rings. The van der Waals surface area contributed by atoms with Gasteiger partial charge in [-0.25, -0.2) is 0 Å². The summed E-state index contributed by atoms with van der Waals surface area (Å²) in [6, 6.07) is 5.94. The van der Waals surface area contributed by atoms with E-state index in [2.05, 4.69) is 19.2 Å². The van der Waals surface area contributed by atoms with Gasteiger partial charge in [0, 0.05) is 12.1 Å². The van der Waals surface area contributed by atoms with E-state index in [0.29, 0.717) is 12.5 Å². The molecule has 0 spiro atoms. The van der Waals surface area contributed by atoms with Crippen molar-refractivity contribution in [3.63, 3.8) is 0 Å². The van der Waals surface area contributed by atoms with Gasteiger partial charge in [-0.3, -0.25) is 4.79 Å². The van der Waals surface area contributed by atoms with E-state index in [1.165, 1.54) is 5.56 Å². The summed E-state index contributed by atoms with van der Waals surface area (Å²) >= 11 is 0. The first kappa shape index (κ1) is 13.5. The molecule has 1 rings (SSSR count). The first-order chi connectivity index (χ1) is 8.08. The van der Waals surface area contributed by atoms with E-state index in [0.717, 1.165) is 11.3 Å². The fraction of sp³-hybridized carbons (Fsp3) is 0.462. The molecule has 0 unspecified atom stereocenters. The van der Waals surface area contributed by atoms with E-state index in [9.17, 15) is 4.79 Å². The third-order valence-electron chi connectivity index (χ3n) is 2.60. The summed E-state index contributed by atoms with van der Waals surface area (Å²) in [6.07, 6.45) is 0. The van der Waals surface area contributed by atoms with Crippen LogP contribution in [0.2, 0.25) is 0 Å². The Bertz CT molecular complexity index is 388. The number of hydrogen-bond acceptors (Lipinski definition) is 3. The second-order valence-electron chi connectivity index (χ2n) is 4.16. The molecule has 0 heterocycles. The zero-order valence-electron chi connectivity index (χ0n) is 10.5. The minimum atomic E-state index is -0.494. The fourth-order valence-electron chi connectivity index (χ4n) is 1.52. The van der Waals surface area contributed by atoms with Crippen LogP contribution in [0.3, 0.4) is 0 Å². The predicted octanol–water partition coefficient (Wildman–Crippen LogP) is 1.43. The third kappa shape index (κ3) is 3.75. The highest BCUT2D eigenvalue weighted by Crippen LogP contribution is 2.24. The molecule has 0 saturated heterocycles. The van der Waals surface area contributed by atoms with Gasteiger partial charge in [0.2, 0.25) is 5.91 Å². The van der Waals surface area contributed by atoms with Crippen LogP contribution in [0.4, 0.5) is 0 Å².